The Labute approximate surface area is 147 Å². The van der Waals surface area contributed by atoms with Crippen LogP contribution in [0.4, 0.5) is 0 Å². The van der Waals surface area contributed by atoms with Gasteiger partial charge >= 0.3 is 0 Å². The summed E-state index contributed by atoms with van der Waals surface area (Å²) in [5, 5.41) is 1.07. The molecule has 0 bridgehead atoms. The Kier molecular flexibility index (Phi) is 6.44. The summed E-state index contributed by atoms with van der Waals surface area (Å²) in [5.41, 5.74) is 3.75. The molecule has 0 aromatic heterocycles. The third-order valence-corrected chi connectivity index (χ3v) is 4.45. The van der Waals surface area contributed by atoms with E-state index in [9.17, 15) is 4.79 Å². The molecule has 1 nitrogen and oxygen atoms in total. The summed E-state index contributed by atoms with van der Waals surface area (Å²) in [5.74, 6) is 0.0416. The molecule has 0 radical (unpaired) electrons. The number of ketones is 1. The van der Waals surface area contributed by atoms with Crippen molar-refractivity contribution in [1.29, 1.82) is 0 Å². The predicted octanol–water partition coefficient (Wildman–Crippen LogP) is 6.32. The van der Waals surface area contributed by atoms with Gasteiger partial charge in [-0.3, -0.25) is 4.79 Å². The highest BCUT2D eigenvalue weighted by atomic mass is 35.5. The number of allylic oxidation sites excluding steroid dienone is 2. The molecule has 0 unspecified atom stereocenters. The van der Waals surface area contributed by atoms with Crippen molar-refractivity contribution in [3.05, 3.63) is 80.8 Å². The maximum atomic E-state index is 12.7. The minimum Gasteiger partial charge on any atom is -0.294 e. The van der Waals surface area contributed by atoms with Gasteiger partial charge in [-0.05, 0) is 43.0 Å². The van der Waals surface area contributed by atoms with Gasteiger partial charge in [-0.1, -0.05) is 72.1 Å². The van der Waals surface area contributed by atoms with E-state index in [2.05, 4.69) is 19.9 Å². The van der Waals surface area contributed by atoms with E-state index < -0.39 is 0 Å². The van der Waals surface area contributed by atoms with Crippen molar-refractivity contribution in [2.24, 2.45) is 0 Å². The van der Waals surface area contributed by atoms with Crippen LogP contribution < -0.4 is 0 Å². The van der Waals surface area contributed by atoms with E-state index in [0.717, 1.165) is 24.0 Å². The van der Waals surface area contributed by atoms with Crippen LogP contribution in [0.5, 0.6) is 0 Å². The topological polar surface area (TPSA) is 17.1 Å². The molecule has 23 heavy (non-hydrogen) atoms. The van der Waals surface area contributed by atoms with E-state index in [1.54, 1.807) is 18.2 Å². The molecule has 0 N–H and O–H groups in total. The van der Waals surface area contributed by atoms with Gasteiger partial charge in [-0.15, -0.1) is 0 Å². The van der Waals surface area contributed by atoms with E-state index in [-0.39, 0.29) is 12.2 Å². The molecular weight excluding hydrogens is 327 g/mol. The van der Waals surface area contributed by atoms with Crippen LogP contribution in [-0.4, -0.2) is 5.78 Å². The van der Waals surface area contributed by atoms with Crippen LogP contribution >= 0.6 is 23.2 Å². The molecule has 120 valence electrons. The fourth-order valence-electron chi connectivity index (χ4n) is 2.62. The molecule has 0 aliphatic rings. The maximum Gasteiger partial charge on any atom is 0.167 e. The molecule has 0 saturated carbocycles. The molecule has 3 heteroatoms. The van der Waals surface area contributed by atoms with Crippen molar-refractivity contribution in [3.63, 3.8) is 0 Å². The number of hydrogen-bond donors (Lipinski definition) is 0. The first kappa shape index (κ1) is 17.8. The van der Waals surface area contributed by atoms with E-state index in [4.69, 9.17) is 23.2 Å². The minimum atomic E-state index is 0.0416. The molecular formula is C20H20Cl2O. The first-order valence-electron chi connectivity index (χ1n) is 7.72. The molecule has 0 heterocycles. The molecule has 0 amide bonds. The predicted molar refractivity (Wildman–Crippen MR) is 98.7 cm³/mol. The number of Topliss-reactive ketones (excluding diaryl/α,β-unsaturated/α-hetero) is 1. The fourth-order valence-corrected chi connectivity index (χ4v) is 3.16. The first-order valence-corrected chi connectivity index (χ1v) is 8.48. The second-order valence-electron chi connectivity index (χ2n) is 5.59. The molecule has 0 spiro atoms. The molecule has 0 aliphatic carbocycles. The van der Waals surface area contributed by atoms with Gasteiger partial charge in [-0.2, -0.15) is 0 Å². The zero-order valence-corrected chi connectivity index (χ0v) is 14.9. The zero-order chi connectivity index (χ0) is 16.8. The quantitative estimate of drug-likeness (QED) is 0.441. The lowest BCUT2D eigenvalue weighted by atomic mass is 9.94. The number of hydrogen-bond acceptors (Lipinski definition) is 1. The number of halogens is 2. The SMILES string of the molecule is CCC=C(C)Cc1ccccc1C(=O)Cc1c(Cl)cccc1Cl. The average Bonchev–Trinajstić information content (AvgIpc) is 2.51. The van der Waals surface area contributed by atoms with E-state index >= 15 is 0 Å². The van der Waals surface area contributed by atoms with Crippen LogP contribution in [0, 0.1) is 0 Å². The molecule has 0 atom stereocenters. The van der Waals surface area contributed by atoms with Gasteiger partial charge in [0.1, 0.15) is 0 Å². The van der Waals surface area contributed by atoms with Gasteiger partial charge in [0, 0.05) is 22.0 Å². The fraction of sp³-hybridized carbons (Fsp3) is 0.250. The third kappa shape index (κ3) is 4.70. The summed E-state index contributed by atoms with van der Waals surface area (Å²) >= 11 is 12.4. The Morgan fingerprint density at radius 2 is 1.65 bits per heavy atom. The molecule has 0 saturated heterocycles. The third-order valence-electron chi connectivity index (χ3n) is 3.74. The number of carbonyl (C=O) groups excluding carboxylic acids is 1. The van der Waals surface area contributed by atoms with E-state index in [0.29, 0.717) is 15.6 Å². The van der Waals surface area contributed by atoms with Crippen molar-refractivity contribution in [3.8, 4) is 0 Å². The molecule has 0 aliphatic heterocycles. The van der Waals surface area contributed by atoms with Crippen molar-refractivity contribution in [2.45, 2.75) is 33.1 Å². The first-order chi connectivity index (χ1) is 11.0. The second-order valence-corrected chi connectivity index (χ2v) is 6.41. The van der Waals surface area contributed by atoms with E-state index in [1.807, 2.05) is 24.3 Å². The standard InChI is InChI=1S/C20H20Cl2O/c1-3-7-14(2)12-15-8-4-5-9-16(15)20(23)13-17-18(21)10-6-11-19(17)22/h4-11H,3,12-13H2,1-2H3. The smallest absolute Gasteiger partial charge is 0.167 e. The van der Waals surface area contributed by atoms with Gasteiger partial charge < -0.3 is 0 Å². The van der Waals surface area contributed by atoms with Crippen LogP contribution in [0.15, 0.2) is 54.1 Å². The summed E-state index contributed by atoms with van der Waals surface area (Å²) in [4.78, 5) is 12.7. The highest BCUT2D eigenvalue weighted by molar-refractivity contribution is 6.36. The zero-order valence-electron chi connectivity index (χ0n) is 13.4. The Balaban J connectivity index is 2.28. The minimum absolute atomic E-state index is 0.0416. The van der Waals surface area contributed by atoms with Gasteiger partial charge in [0.15, 0.2) is 5.78 Å². The van der Waals surface area contributed by atoms with Crippen LogP contribution in [0.2, 0.25) is 10.0 Å². The normalized spacial score (nSPS) is 11.6. The van der Waals surface area contributed by atoms with Gasteiger partial charge in [0.05, 0.1) is 0 Å². The largest absolute Gasteiger partial charge is 0.294 e. The lowest BCUT2D eigenvalue weighted by Crippen LogP contribution is -2.08. The highest BCUT2D eigenvalue weighted by Crippen LogP contribution is 2.26. The van der Waals surface area contributed by atoms with Crippen molar-refractivity contribution in [1.82, 2.24) is 0 Å². The Hall–Kier alpha value is -1.57. The summed E-state index contributed by atoms with van der Waals surface area (Å²) in [6.45, 7) is 4.20. The number of carbonyl (C=O) groups is 1. The number of rotatable bonds is 6. The average molecular weight is 347 g/mol. The van der Waals surface area contributed by atoms with Crippen LogP contribution in [0.25, 0.3) is 0 Å². The van der Waals surface area contributed by atoms with Gasteiger partial charge in [0.25, 0.3) is 0 Å². The molecule has 2 rings (SSSR count). The lowest BCUT2D eigenvalue weighted by molar-refractivity contribution is 0.0992. The van der Waals surface area contributed by atoms with Crippen molar-refractivity contribution >= 4 is 29.0 Å². The Morgan fingerprint density at radius 1 is 1.00 bits per heavy atom. The monoisotopic (exact) mass is 346 g/mol. The Bertz CT molecular complexity index is 712. The van der Waals surface area contributed by atoms with Gasteiger partial charge in [0.2, 0.25) is 0 Å². The summed E-state index contributed by atoms with van der Waals surface area (Å²) in [6.07, 6.45) is 4.18. The van der Waals surface area contributed by atoms with E-state index in [1.165, 1.54) is 5.57 Å². The van der Waals surface area contributed by atoms with Crippen LogP contribution in [0.3, 0.4) is 0 Å². The van der Waals surface area contributed by atoms with Crippen LogP contribution in [0.1, 0.15) is 41.8 Å². The highest BCUT2D eigenvalue weighted by Gasteiger charge is 2.15. The molecule has 0 fully saturated rings. The summed E-state index contributed by atoms with van der Waals surface area (Å²) < 4.78 is 0. The van der Waals surface area contributed by atoms with Crippen molar-refractivity contribution < 1.29 is 4.79 Å². The number of benzene rings is 2. The molecule has 2 aromatic rings. The van der Waals surface area contributed by atoms with Gasteiger partial charge in [-0.25, -0.2) is 0 Å². The summed E-state index contributed by atoms with van der Waals surface area (Å²) in [7, 11) is 0. The molecule has 2 aromatic carbocycles. The van der Waals surface area contributed by atoms with Crippen molar-refractivity contribution in [2.75, 3.05) is 0 Å². The Morgan fingerprint density at radius 3 is 2.30 bits per heavy atom. The summed E-state index contributed by atoms with van der Waals surface area (Å²) in [6, 6.07) is 13.0. The lowest BCUT2D eigenvalue weighted by Gasteiger charge is -2.11. The maximum absolute atomic E-state index is 12.7. The second kappa shape index (κ2) is 8.33. The van der Waals surface area contributed by atoms with Crippen LogP contribution in [-0.2, 0) is 12.8 Å².